The summed E-state index contributed by atoms with van der Waals surface area (Å²) in [6.45, 7) is 4.38. The zero-order valence-corrected chi connectivity index (χ0v) is 14.0. The van der Waals surface area contributed by atoms with Gasteiger partial charge in [0.2, 0.25) is 0 Å². The first-order chi connectivity index (χ1) is 9.74. The first-order valence-corrected chi connectivity index (χ1v) is 8.14. The van der Waals surface area contributed by atoms with Crippen molar-refractivity contribution < 1.29 is 9.47 Å². The normalized spacial score (nSPS) is 10.6. The van der Waals surface area contributed by atoms with E-state index in [9.17, 15) is 0 Å². The molecule has 0 amide bonds. The zero-order valence-electron chi connectivity index (χ0n) is 11.6. The molecule has 2 rings (SSSR count). The smallest absolute Gasteiger partial charge is 0.128 e. The number of thiophene rings is 1. The van der Waals surface area contributed by atoms with Crippen LogP contribution in [0.15, 0.2) is 34.1 Å². The number of rotatable bonds is 7. The molecular weight excluding hydrogens is 338 g/mol. The lowest BCUT2D eigenvalue weighted by Gasteiger charge is -2.13. The van der Waals surface area contributed by atoms with Crippen LogP contribution in [0.25, 0.3) is 0 Å². The minimum Gasteiger partial charge on any atom is -0.497 e. The molecule has 1 heterocycles. The lowest BCUT2D eigenvalue weighted by Crippen LogP contribution is -2.13. The number of benzene rings is 1. The SMILES string of the molecule is CCNCc1ccc(OC)cc1OCc1sccc1Br. The molecule has 0 saturated heterocycles. The number of ether oxygens (including phenoxy) is 2. The van der Waals surface area contributed by atoms with Crippen molar-refractivity contribution in [1.29, 1.82) is 0 Å². The van der Waals surface area contributed by atoms with Crippen LogP contribution in [0.4, 0.5) is 0 Å². The van der Waals surface area contributed by atoms with Gasteiger partial charge in [-0.3, -0.25) is 0 Å². The molecule has 0 unspecified atom stereocenters. The van der Waals surface area contributed by atoms with Gasteiger partial charge in [-0.25, -0.2) is 0 Å². The van der Waals surface area contributed by atoms with Crippen molar-refractivity contribution >= 4 is 27.3 Å². The van der Waals surface area contributed by atoms with E-state index in [1.54, 1.807) is 18.4 Å². The van der Waals surface area contributed by atoms with Crippen LogP contribution in [0.3, 0.4) is 0 Å². The van der Waals surface area contributed by atoms with Crippen molar-refractivity contribution in [2.45, 2.75) is 20.1 Å². The second-order valence-electron chi connectivity index (χ2n) is 4.23. The maximum Gasteiger partial charge on any atom is 0.128 e. The highest BCUT2D eigenvalue weighted by Crippen LogP contribution is 2.28. The van der Waals surface area contributed by atoms with E-state index in [2.05, 4.69) is 28.2 Å². The summed E-state index contributed by atoms with van der Waals surface area (Å²) in [5, 5.41) is 5.37. The maximum absolute atomic E-state index is 5.96. The third-order valence-electron chi connectivity index (χ3n) is 2.89. The van der Waals surface area contributed by atoms with Gasteiger partial charge in [-0.2, -0.15) is 0 Å². The van der Waals surface area contributed by atoms with Gasteiger partial charge in [0.05, 0.1) is 12.0 Å². The fourth-order valence-electron chi connectivity index (χ4n) is 1.77. The molecule has 0 aliphatic rings. The van der Waals surface area contributed by atoms with Crippen LogP contribution < -0.4 is 14.8 Å². The van der Waals surface area contributed by atoms with Gasteiger partial charge in [-0.05, 0) is 40.0 Å². The van der Waals surface area contributed by atoms with E-state index in [0.717, 1.165) is 34.6 Å². The largest absolute Gasteiger partial charge is 0.497 e. The Morgan fingerprint density at radius 2 is 2.15 bits per heavy atom. The van der Waals surface area contributed by atoms with Crippen molar-refractivity contribution in [3.63, 3.8) is 0 Å². The summed E-state index contributed by atoms with van der Waals surface area (Å²) in [7, 11) is 1.67. The molecule has 0 bridgehead atoms. The molecule has 3 nitrogen and oxygen atoms in total. The average Bonchev–Trinajstić information content (AvgIpc) is 2.88. The van der Waals surface area contributed by atoms with Crippen LogP contribution >= 0.6 is 27.3 Å². The Kier molecular flexibility index (Phi) is 5.88. The summed E-state index contributed by atoms with van der Waals surface area (Å²) in [4.78, 5) is 1.18. The third-order valence-corrected chi connectivity index (χ3v) is 4.79. The zero-order chi connectivity index (χ0) is 14.4. The predicted molar refractivity (Wildman–Crippen MR) is 86.7 cm³/mol. The average molecular weight is 356 g/mol. The van der Waals surface area contributed by atoms with Crippen molar-refractivity contribution in [3.8, 4) is 11.5 Å². The summed E-state index contributed by atoms with van der Waals surface area (Å²) in [6.07, 6.45) is 0. The molecular formula is C15H18BrNO2S. The monoisotopic (exact) mass is 355 g/mol. The molecule has 0 fully saturated rings. The number of hydrogen-bond acceptors (Lipinski definition) is 4. The van der Waals surface area contributed by atoms with E-state index in [0.29, 0.717) is 6.61 Å². The molecule has 2 aromatic rings. The molecule has 1 aromatic carbocycles. The molecule has 0 atom stereocenters. The lowest BCUT2D eigenvalue weighted by atomic mass is 10.2. The number of halogens is 1. The van der Waals surface area contributed by atoms with Gasteiger partial charge in [0.25, 0.3) is 0 Å². The van der Waals surface area contributed by atoms with Gasteiger partial charge in [0.1, 0.15) is 18.1 Å². The Balaban J connectivity index is 2.12. The van der Waals surface area contributed by atoms with Crippen molar-refractivity contribution in [3.05, 3.63) is 44.6 Å². The summed E-state index contributed by atoms with van der Waals surface area (Å²) in [6, 6.07) is 7.98. The highest BCUT2D eigenvalue weighted by atomic mass is 79.9. The second kappa shape index (κ2) is 7.67. The number of nitrogens with one attached hydrogen (secondary N) is 1. The fourth-order valence-corrected chi connectivity index (χ4v) is 3.15. The summed E-state index contributed by atoms with van der Waals surface area (Å²) in [5.41, 5.74) is 1.14. The van der Waals surface area contributed by atoms with E-state index < -0.39 is 0 Å². The van der Waals surface area contributed by atoms with Gasteiger partial charge >= 0.3 is 0 Å². The highest BCUT2D eigenvalue weighted by molar-refractivity contribution is 9.10. The second-order valence-corrected chi connectivity index (χ2v) is 6.09. The van der Waals surface area contributed by atoms with Gasteiger partial charge in [-0.15, -0.1) is 11.3 Å². The van der Waals surface area contributed by atoms with Crippen molar-refractivity contribution in [1.82, 2.24) is 5.32 Å². The fraction of sp³-hybridized carbons (Fsp3) is 0.333. The van der Waals surface area contributed by atoms with Crippen molar-refractivity contribution in [2.24, 2.45) is 0 Å². The number of methoxy groups -OCH3 is 1. The minimum atomic E-state index is 0.560. The Morgan fingerprint density at radius 3 is 2.80 bits per heavy atom. The Labute approximate surface area is 132 Å². The number of hydrogen-bond donors (Lipinski definition) is 1. The molecule has 0 aliphatic carbocycles. The lowest BCUT2D eigenvalue weighted by molar-refractivity contribution is 0.302. The van der Waals surface area contributed by atoms with Crippen LogP contribution in [-0.4, -0.2) is 13.7 Å². The summed E-state index contributed by atoms with van der Waals surface area (Å²) in [5.74, 6) is 1.68. The van der Waals surface area contributed by atoms with E-state index in [4.69, 9.17) is 9.47 Å². The molecule has 0 saturated carbocycles. The van der Waals surface area contributed by atoms with E-state index in [1.165, 1.54) is 4.88 Å². The Morgan fingerprint density at radius 1 is 1.30 bits per heavy atom. The topological polar surface area (TPSA) is 30.5 Å². The Hall–Kier alpha value is -1.04. The molecule has 1 N–H and O–H groups in total. The third kappa shape index (κ3) is 3.98. The van der Waals surface area contributed by atoms with E-state index >= 15 is 0 Å². The quantitative estimate of drug-likeness (QED) is 0.806. The van der Waals surface area contributed by atoms with Gasteiger partial charge < -0.3 is 14.8 Å². The highest BCUT2D eigenvalue weighted by Gasteiger charge is 2.08. The minimum absolute atomic E-state index is 0.560. The van der Waals surface area contributed by atoms with Crippen LogP contribution in [0, 0.1) is 0 Å². The maximum atomic E-state index is 5.96. The van der Waals surface area contributed by atoms with Gasteiger partial charge in [-0.1, -0.05) is 13.0 Å². The summed E-state index contributed by atoms with van der Waals surface area (Å²) >= 11 is 5.21. The van der Waals surface area contributed by atoms with Crippen molar-refractivity contribution in [2.75, 3.05) is 13.7 Å². The summed E-state index contributed by atoms with van der Waals surface area (Å²) < 4.78 is 12.3. The predicted octanol–water partition coefficient (Wildman–Crippen LogP) is 4.21. The molecule has 1 aromatic heterocycles. The van der Waals surface area contributed by atoms with Crippen LogP contribution in [-0.2, 0) is 13.2 Å². The molecule has 5 heteroatoms. The first kappa shape index (κ1) is 15.4. The van der Waals surface area contributed by atoms with E-state index in [-0.39, 0.29) is 0 Å². The van der Waals surface area contributed by atoms with Gasteiger partial charge in [0, 0.05) is 22.6 Å². The first-order valence-electron chi connectivity index (χ1n) is 6.47. The Bertz CT molecular complexity index is 557. The molecule has 0 spiro atoms. The molecule has 108 valence electrons. The molecule has 20 heavy (non-hydrogen) atoms. The standard InChI is InChI=1S/C15H18BrNO2S/c1-3-17-9-11-4-5-12(18-2)8-14(11)19-10-15-13(16)6-7-20-15/h4-8,17H,3,9-10H2,1-2H3. The van der Waals surface area contributed by atoms with E-state index in [1.807, 2.05) is 29.6 Å². The van der Waals surface area contributed by atoms with Crippen LogP contribution in [0.2, 0.25) is 0 Å². The van der Waals surface area contributed by atoms with Crippen LogP contribution in [0.5, 0.6) is 11.5 Å². The molecule has 0 radical (unpaired) electrons. The van der Waals surface area contributed by atoms with Crippen LogP contribution in [0.1, 0.15) is 17.4 Å². The molecule has 0 aliphatic heterocycles. The van der Waals surface area contributed by atoms with Gasteiger partial charge in [0.15, 0.2) is 0 Å².